The van der Waals surface area contributed by atoms with E-state index in [-0.39, 0.29) is 18.0 Å². The van der Waals surface area contributed by atoms with Crippen LogP contribution in [0.2, 0.25) is 0 Å². The molecule has 0 saturated carbocycles. The van der Waals surface area contributed by atoms with Crippen LogP contribution in [0, 0.1) is 0 Å². The first-order valence-corrected chi connectivity index (χ1v) is 7.94. The number of benzene rings is 1. The highest BCUT2D eigenvalue weighted by Gasteiger charge is 2.12. The zero-order chi connectivity index (χ0) is 15.2. The highest BCUT2D eigenvalue weighted by Crippen LogP contribution is 2.12. The number of rotatable bonds is 5. The van der Waals surface area contributed by atoms with Crippen molar-refractivity contribution in [3.05, 3.63) is 52.3 Å². The Kier molecular flexibility index (Phi) is 5.46. The number of nitrogens with zero attached hydrogens (tertiary/aromatic N) is 2. The lowest BCUT2D eigenvalue weighted by molar-refractivity contribution is 0.0473. The first kappa shape index (κ1) is 15.7. The molecule has 1 aromatic carbocycles. The topological polar surface area (TPSA) is 69.2 Å². The van der Waals surface area contributed by atoms with Gasteiger partial charge in [0.2, 0.25) is 0 Å². The lowest BCUT2D eigenvalue weighted by Crippen LogP contribution is -2.14. The molecule has 0 unspecified atom stereocenters. The summed E-state index contributed by atoms with van der Waals surface area (Å²) < 4.78 is 5.84. The van der Waals surface area contributed by atoms with Gasteiger partial charge in [0.25, 0.3) is 0 Å². The number of hydrogen-bond donors (Lipinski definition) is 0. The van der Waals surface area contributed by atoms with Crippen LogP contribution in [0.5, 0.6) is 0 Å². The molecule has 7 heteroatoms. The second kappa shape index (κ2) is 7.33. The third kappa shape index (κ3) is 4.37. The summed E-state index contributed by atoms with van der Waals surface area (Å²) in [5.41, 5.74) is 0.705. The van der Waals surface area contributed by atoms with Crippen molar-refractivity contribution in [3.8, 4) is 0 Å². The van der Waals surface area contributed by atoms with Crippen LogP contribution >= 0.6 is 27.7 Å². The quantitative estimate of drug-likeness (QED) is 0.350. The minimum atomic E-state index is -0.617. The molecular formula is C14H11BrN2O3S. The molecule has 1 aromatic heterocycles. The Morgan fingerprint density at radius 2 is 1.76 bits per heavy atom. The maximum absolute atomic E-state index is 11.9. The van der Waals surface area contributed by atoms with Crippen LogP contribution in [0.15, 0.2) is 46.3 Å². The van der Waals surface area contributed by atoms with Gasteiger partial charge < -0.3 is 4.74 Å². The summed E-state index contributed by atoms with van der Waals surface area (Å²) in [6.07, 6.45) is 4.60. The molecule has 0 amide bonds. The molecule has 5 nitrogen and oxygen atoms in total. The molecule has 0 N–H and O–H groups in total. The van der Waals surface area contributed by atoms with Crippen molar-refractivity contribution >= 4 is 39.4 Å². The van der Waals surface area contributed by atoms with E-state index in [4.69, 9.17) is 4.74 Å². The summed E-state index contributed by atoms with van der Waals surface area (Å²) in [5.74, 6) is -0.884. The average molecular weight is 367 g/mol. The smallest absolute Gasteiger partial charge is 0.341 e. The number of Topliss-reactive ketones (excluding diaryl/α,β-unsaturated/α-hetero) is 1. The first-order valence-electron chi connectivity index (χ1n) is 5.92. The van der Waals surface area contributed by atoms with Gasteiger partial charge in [-0.1, -0.05) is 39.8 Å². The summed E-state index contributed by atoms with van der Waals surface area (Å²) in [7, 11) is 0. The van der Waals surface area contributed by atoms with Crippen molar-refractivity contribution < 1.29 is 14.3 Å². The molecule has 0 saturated heterocycles. The molecule has 0 fully saturated rings. The number of thioether (sulfide) groups is 1. The minimum Gasteiger partial charge on any atom is -0.454 e. The maximum Gasteiger partial charge on any atom is 0.341 e. The van der Waals surface area contributed by atoms with Gasteiger partial charge in [0.1, 0.15) is 0 Å². The molecule has 0 atom stereocenters. The van der Waals surface area contributed by atoms with E-state index in [1.54, 1.807) is 24.3 Å². The molecule has 0 bridgehead atoms. The Labute approximate surface area is 134 Å². The van der Waals surface area contributed by atoms with E-state index in [0.717, 1.165) is 4.47 Å². The van der Waals surface area contributed by atoms with Crippen molar-refractivity contribution in [3.63, 3.8) is 0 Å². The number of ketones is 1. The van der Waals surface area contributed by atoms with E-state index in [0.29, 0.717) is 10.7 Å². The summed E-state index contributed by atoms with van der Waals surface area (Å²) >= 11 is 4.66. The van der Waals surface area contributed by atoms with Gasteiger partial charge >= 0.3 is 5.97 Å². The SMILES string of the molecule is CSc1ncc(C(=O)OCC(=O)c2ccc(Br)cc2)cn1. The Morgan fingerprint density at radius 3 is 2.33 bits per heavy atom. The molecular weight excluding hydrogens is 356 g/mol. The van der Waals surface area contributed by atoms with Crippen molar-refractivity contribution in [1.82, 2.24) is 9.97 Å². The lowest BCUT2D eigenvalue weighted by atomic mass is 10.1. The number of esters is 1. The van der Waals surface area contributed by atoms with E-state index in [1.807, 2.05) is 6.26 Å². The summed E-state index contributed by atoms with van der Waals surface area (Å²) in [4.78, 5) is 31.6. The first-order chi connectivity index (χ1) is 10.1. The fourth-order valence-corrected chi connectivity index (χ4v) is 2.04. The van der Waals surface area contributed by atoms with Gasteiger partial charge in [-0.15, -0.1) is 0 Å². The summed E-state index contributed by atoms with van der Waals surface area (Å²) in [5, 5.41) is 0.567. The van der Waals surface area contributed by atoms with Crippen LogP contribution in [0.4, 0.5) is 0 Å². The minimum absolute atomic E-state index is 0.219. The highest BCUT2D eigenvalue weighted by molar-refractivity contribution is 9.10. The molecule has 21 heavy (non-hydrogen) atoms. The van der Waals surface area contributed by atoms with Crippen molar-refractivity contribution in [1.29, 1.82) is 0 Å². The fourth-order valence-electron chi connectivity index (χ4n) is 1.46. The Bertz CT molecular complexity index is 644. The van der Waals surface area contributed by atoms with Crippen molar-refractivity contribution in [2.45, 2.75) is 5.16 Å². The van der Waals surface area contributed by atoms with Crippen LogP contribution in [0.3, 0.4) is 0 Å². The second-order valence-corrected chi connectivity index (χ2v) is 5.65. The molecule has 1 heterocycles. The van der Waals surface area contributed by atoms with Crippen LogP contribution in [-0.2, 0) is 4.74 Å². The maximum atomic E-state index is 11.9. The van der Waals surface area contributed by atoms with Gasteiger partial charge in [0, 0.05) is 22.4 Å². The van der Waals surface area contributed by atoms with Gasteiger partial charge in [-0.25, -0.2) is 14.8 Å². The van der Waals surface area contributed by atoms with Gasteiger partial charge in [-0.2, -0.15) is 0 Å². The predicted octanol–water partition coefficient (Wildman–Crippen LogP) is 3.00. The number of halogens is 1. The number of ether oxygens (including phenoxy) is 1. The third-order valence-electron chi connectivity index (χ3n) is 2.55. The van der Waals surface area contributed by atoms with E-state index in [9.17, 15) is 9.59 Å². The van der Waals surface area contributed by atoms with Crippen LogP contribution < -0.4 is 0 Å². The van der Waals surface area contributed by atoms with E-state index in [1.165, 1.54) is 24.2 Å². The van der Waals surface area contributed by atoms with Crippen LogP contribution in [0.1, 0.15) is 20.7 Å². The van der Waals surface area contributed by atoms with E-state index < -0.39 is 5.97 Å². The normalized spacial score (nSPS) is 10.2. The van der Waals surface area contributed by atoms with Crippen LogP contribution in [-0.4, -0.2) is 34.6 Å². The van der Waals surface area contributed by atoms with E-state index in [2.05, 4.69) is 25.9 Å². The third-order valence-corrected chi connectivity index (χ3v) is 3.65. The number of carbonyl (C=O) groups is 2. The average Bonchev–Trinajstić information content (AvgIpc) is 2.53. The monoisotopic (exact) mass is 366 g/mol. The van der Waals surface area contributed by atoms with E-state index >= 15 is 0 Å². The fraction of sp³-hybridized carbons (Fsp3) is 0.143. The Morgan fingerprint density at radius 1 is 1.14 bits per heavy atom. The zero-order valence-electron chi connectivity index (χ0n) is 11.1. The van der Waals surface area contributed by atoms with Gasteiger partial charge in [0.15, 0.2) is 17.5 Å². The number of aromatic nitrogens is 2. The number of hydrogen-bond acceptors (Lipinski definition) is 6. The Hall–Kier alpha value is -1.73. The largest absolute Gasteiger partial charge is 0.454 e. The lowest BCUT2D eigenvalue weighted by Gasteiger charge is -2.04. The number of carbonyl (C=O) groups excluding carboxylic acids is 2. The molecule has 0 aliphatic rings. The molecule has 0 aliphatic carbocycles. The Balaban J connectivity index is 1.93. The van der Waals surface area contributed by atoms with Gasteiger partial charge in [-0.3, -0.25) is 4.79 Å². The molecule has 0 spiro atoms. The van der Waals surface area contributed by atoms with Crippen molar-refractivity contribution in [2.24, 2.45) is 0 Å². The molecule has 2 aromatic rings. The highest BCUT2D eigenvalue weighted by atomic mass is 79.9. The molecule has 0 aliphatic heterocycles. The summed E-state index contributed by atoms with van der Waals surface area (Å²) in [6.45, 7) is -0.315. The molecule has 2 rings (SSSR count). The second-order valence-electron chi connectivity index (χ2n) is 3.96. The standard InChI is InChI=1S/C14H11BrN2O3S/c1-21-14-16-6-10(7-17-14)13(19)20-8-12(18)9-2-4-11(15)5-3-9/h2-7H,8H2,1H3. The zero-order valence-corrected chi connectivity index (χ0v) is 13.5. The summed E-state index contributed by atoms with van der Waals surface area (Å²) in [6, 6.07) is 6.83. The van der Waals surface area contributed by atoms with Gasteiger partial charge in [-0.05, 0) is 18.4 Å². The van der Waals surface area contributed by atoms with Crippen LogP contribution in [0.25, 0.3) is 0 Å². The predicted molar refractivity (Wildman–Crippen MR) is 82.6 cm³/mol. The molecule has 108 valence electrons. The molecule has 0 radical (unpaired) electrons. The van der Waals surface area contributed by atoms with Crippen molar-refractivity contribution in [2.75, 3.05) is 12.9 Å². The van der Waals surface area contributed by atoms with Gasteiger partial charge in [0.05, 0.1) is 5.56 Å².